The molecular weight excluding hydrogens is 599 g/mol. The molecule has 4 nitrogen and oxygen atoms in total. The summed E-state index contributed by atoms with van der Waals surface area (Å²) in [5.74, 6) is 0.963. The summed E-state index contributed by atoms with van der Waals surface area (Å²) < 4.78 is 8.80. The van der Waals surface area contributed by atoms with Gasteiger partial charge in [-0.05, 0) is 72.1 Å². The quantitative estimate of drug-likeness (QED) is 0.182. The first-order valence-corrected chi connectivity index (χ1v) is 16.6. The Labute approximate surface area is 282 Å². The Morgan fingerprint density at radius 2 is 1.14 bits per heavy atom. The van der Waals surface area contributed by atoms with Crippen LogP contribution in [0.2, 0.25) is 0 Å². The maximum atomic E-state index is 6.57. The number of fused-ring (bicyclic) bond motifs is 7. The lowest BCUT2D eigenvalue weighted by atomic mass is 9.89. The molecule has 0 amide bonds. The van der Waals surface area contributed by atoms with Crippen LogP contribution in [-0.2, 0) is 0 Å². The van der Waals surface area contributed by atoms with Crippen molar-refractivity contribution in [1.29, 1.82) is 0 Å². The lowest BCUT2D eigenvalue weighted by Crippen LogP contribution is -1.97. The van der Waals surface area contributed by atoms with Crippen LogP contribution in [0, 0.1) is 6.92 Å². The molecule has 0 radical (unpaired) electrons. The SMILES string of the molecule is Cc1nc2ccccc2n1-c1cccc(-c2cccc(-c3nc4ccccc4c4c(-c5ccccc5)c5c(cc34)oc3ccccc35)c2)c1. The van der Waals surface area contributed by atoms with Gasteiger partial charge in [-0.25, -0.2) is 9.97 Å². The smallest absolute Gasteiger partial charge is 0.136 e. The molecule has 0 saturated heterocycles. The van der Waals surface area contributed by atoms with Crippen LogP contribution in [0.3, 0.4) is 0 Å². The fourth-order valence-electron chi connectivity index (χ4n) is 7.57. The highest BCUT2D eigenvalue weighted by molar-refractivity contribution is 6.27. The van der Waals surface area contributed by atoms with Crippen molar-refractivity contribution < 1.29 is 4.42 Å². The zero-order chi connectivity index (χ0) is 32.5. The largest absolute Gasteiger partial charge is 0.456 e. The average molecular weight is 628 g/mol. The van der Waals surface area contributed by atoms with Crippen molar-refractivity contribution in [3.05, 3.63) is 164 Å². The Balaban J connectivity index is 1.23. The van der Waals surface area contributed by atoms with Crippen LogP contribution in [0.4, 0.5) is 0 Å². The number of rotatable bonds is 4. The molecule has 49 heavy (non-hydrogen) atoms. The molecule has 0 atom stereocenters. The van der Waals surface area contributed by atoms with Crippen LogP contribution in [-0.4, -0.2) is 14.5 Å². The van der Waals surface area contributed by atoms with Gasteiger partial charge in [0.1, 0.15) is 17.0 Å². The van der Waals surface area contributed by atoms with Crippen molar-refractivity contribution in [2.45, 2.75) is 6.92 Å². The Kier molecular flexibility index (Phi) is 6.06. The van der Waals surface area contributed by atoms with Gasteiger partial charge in [0.25, 0.3) is 0 Å². The molecule has 0 bridgehead atoms. The summed E-state index contributed by atoms with van der Waals surface area (Å²) in [6, 6.07) is 55.4. The Bertz CT molecular complexity index is 2900. The van der Waals surface area contributed by atoms with E-state index in [4.69, 9.17) is 14.4 Å². The molecular formula is C45H29N3O. The molecule has 7 aromatic carbocycles. The van der Waals surface area contributed by atoms with Crippen molar-refractivity contribution in [3.8, 4) is 39.2 Å². The van der Waals surface area contributed by atoms with E-state index in [1.165, 1.54) is 10.9 Å². The molecule has 0 N–H and O–H groups in total. The summed E-state index contributed by atoms with van der Waals surface area (Å²) in [7, 11) is 0. The second-order valence-electron chi connectivity index (χ2n) is 12.6. The molecule has 0 fully saturated rings. The number of aromatic nitrogens is 3. The number of nitrogens with zero attached hydrogens (tertiary/aromatic N) is 3. The summed E-state index contributed by atoms with van der Waals surface area (Å²) in [6.07, 6.45) is 0. The second-order valence-corrected chi connectivity index (χ2v) is 12.6. The zero-order valence-corrected chi connectivity index (χ0v) is 26.8. The van der Waals surface area contributed by atoms with E-state index < -0.39 is 0 Å². The summed E-state index contributed by atoms with van der Waals surface area (Å²) >= 11 is 0. The summed E-state index contributed by atoms with van der Waals surface area (Å²) in [5.41, 5.74) is 12.4. The topological polar surface area (TPSA) is 43.9 Å². The average Bonchev–Trinajstić information content (AvgIpc) is 3.70. The van der Waals surface area contributed by atoms with Crippen molar-refractivity contribution >= 4 is 54.6 Å². The first kappa shape index (κ1) is 27.6. The summed E-state index contributed by atoms with van der Waals surface area (Å²) in [6.45, 7) is 2.06. The lowest BCUT2D eigenvalue weighted by molar-refractivity contribution is 0.669. The highest BCUT2D eigenvalue weighted by Crippen LogP contribution is 2.46. The molecule has 3 aromatic heterocycles. The van der Waals surface area contributed by atoms with Crippen molar-refractivity contribution in [1.82, 2.24) is 14.5 Å². The number of furan rings is 1. The third-order valence-electron chi connectivity index (χ3n) is 9.69. The molecule has 0 saturated carbocycles. The summed E-state index contributed by atoms with van der Waals surface area (Å²) in [5, 5.41) is 5.61. The number of pyridine rings is 1. The molecule has 0 aliphatic heterocycles. The van der Waals surface area contributed by atoms with Crippen LogP contribution >= 0.6 is 0 Å². The Hall–Kier alpha value is -6.52. The predicted octanol–water partition coefficient (Wildman–Crippen LogP) is 11.9. The standard InChI is InChI=1S/C45H29N3O/c1-28-46-38-22-8-9-23-39(38)48(28)33-18-12-16-31(26-33)30-15-11-17-32(25-30)45-36-27-41-44(35-20-6-10-24-40(35)49-41)42(29-13-3-2-4-14-29)43(36)34-19-5-7-21-37(34)47-45/h2-27H,1H3. The van der Waals surface area contributed by atoms with Gasteiger partial charge in [0, 0.05) is 43.7 Å². The van der Waals surface area contributed by atoms with Gasteiger partial charge in [-0.2, -0.15) is 0 Å². The second kappa shape index (κ2) is 10.8. The van der Waals surface area contributed by atoms with E-state index in [1.54, 1.807) is 0 Å². The molecule has 4 heteroatoms. The van der Waals surface area contributed by atoms with E-state index in [9.17, 15) is 0 Å². The molecule has 230 valence electrons. The molecule has 0 unspecified atom stereocenters. The molecule has 0 spiro atoms. The van der Waals surface area contributed by atoms with E-state index in [0.717, 1.165) is 88.7 Å². The van der Waals surface area contributed by atoms with E-state index >= 15 is 0 Å². The lowest BCUT2D eigenvalue weighted by Gasteiger charge is -2.16. The number of para-hydroxylation sites is 4. The highest BCUT2D eigenvalue weighted by Gasteiger charge is 2.21. The van der Waals surface area contributed by atoms with E-state index in [-0.39, 0.29) is 0 Å². The van der Waals surface area contributed by atoms with Crippen LogP contribution in [0.5, 0.6) is 0 Å². The highest BCUT2D eigenvalue weighted by atomic mass is 16.3. The number of benzene rings is 7. The van der Waals surface area contributed by atoms with Gasteiger partial charge in [0.05, 0.1) is 22.2 Å². The Morgan fingerprint density at radius 3 is 2.02 bits per heavy atom. The number of hydrogen-bond donors (Lipinski definition) is 0. The summed E-state index contributed by atoms with van der Waals surface area (Å²) in [4.78, 5) is 10.2. The van der Waals surface area contributed by atoms with Gasteiger partial charge in [0.15, 0.2) is 0 Å². The van der Waals surface area contributed by atoms with Gasteiger partial charge in [-0.1, -0.05) is 109 Å². The van der Waals surface area contributed by atoms with Gasteiger partial charge < -0.3 is 4.42 Å². The van der Waals surface area contributed by atoms with Gasteiger partial charge in [0.2, 0.25) is 0 Å². The Morgan fingerprint density at radius 1 is 0.469 bits per heavy atom. The fraction of sp³-hybridized carbons (Fsp3) is 0.0222. The van der Waals surface area contributed by atoms with Crippen LogP contribution in [0.1, 0.15) is 5.82 Å². The third kappa shape index (κ3) is 4.31. The van der Waals surface area contributed by atoms with Crippen molar-refractivity contribution in [3.63, 3.8) is 0 Å². The minimum Gasteiger partial charge on any atom is -0.456 e. The van der Waals surface area contributed by atoms with Crippen LogP contribution in [0.25, 0.3) is 93.8 Å². The fourth-order valence-corrected chi connectivity index (χ4v) is 7.57. The van der Waals surface area contributed by atoms with Crippen molar-refractivity contribution in [2.24, 2.45) is 0 Å². The number of aryl methyl sites for hydroxylation is 1. The monoisotopic (exact) mass is 627 g/mol. The third-order valence-corrected chi connectivity index (χ3v) is 9.69. The molecule has 3 heterocycles. The predicted molar refractivity (Wildman–Crippen MR) is 202 cm³/mol. The van der Waals surface area contributed by atoms with E-state index in [2.05, 4.69) is 157 Å². The normalized spacial score (nSPS) is 11.8. The van der Waals surface area contributed by atoms with Crippen LogP contribution < -0.4 is 0 Å². The van der Waals surface area contributed by atoms with E-state index in [1.807, 2.05) is 12.1 Å². The number of hydrogen-bond acceptors (Lipinski definition) is 3. The minimum absolute atomic E-state index is 0.859. The van der Waals surface area contributed by atoms with Crippen LogP contribution in [0.15, 0.2) is 162 Å². The minimum atomic E-state index is 0.859. The van der Waals surface area contributed by atoms with Gasteiger partial charge in [-0.15, -0.1) is 0 Å². The van der Waals surface area contributed by atoms with Gasteiger partial charge >= 0.3 is 0 Å². The molecule has 10 aromatic rings. The van der Waals surface area contributed by atoms with Crippen molar-refractivity contribution in [2.75, 3.05) is 0 Å². The zero-order valence-electron chi connectivity index (χ0n) is 26.8. The molecule has 0 aliphatic rings. The first-order valence-electron chi connectivity index (χ1n) is 16.6. The first-order chi connectivity index (χ1) is 24.2. The van der Waals surface area contributed by atoms with Gasteiger partial charge in [-0.3, -0.25) is 4.57 Å². The number of imidazole rings is 1. The van der Waals surface area contributed by atoms with E-state index in [0.29, 0.717) is 0 Å². The maximum absolute atomic E-state index is 6.57. The molecule has 0 aliphatic carbocycles. The molecule has 10 rings (SSSR count). The maximum Gasteiger partial charge on any atom is 0.136 e.